The van der Waals surface area contributed by atoms with Gasteiger partial charge in [0.05, 0.1) is 5.56 Å². The highest BCUT2D eigenvalue weighted by Crippen LogP contribution is 2.35. The first kappa shape index (κ1) is 15.6. The molecule has 0 spiro atoms. The minimum Gasteiger partial charge on any atom is -0.324 e. The Morgan fingerprint density at radius 1 is 0.952 bits per heavy atom. The van der Waals surface area contributed by atoms with E-state index in [1.54, 1.807) is 6.07 Å². The average molecular weight is 293 g/mol. The molecule has 0 aliphatic carbocycles. The summed E-state index contributed by atoms with van der Waals surface area (Å²) in [6.07, 6.45) is -3.99. The topological polar surface area (TPSA) is 26.0 Å². The summed E-state index contributed by atoms with van der Waals surface area (Å²) in [4.78, 5) is 0. The van der Waals surface area contributed by atoms with Gasteiger partial charge in [-0.3, -0.25) is 0 Å². The zero-order valence-corrected chi connectivity index (χ0v) is 12.0. The van der Waals surface area contributed by atoms with Gasteiger partial charge in [0, 0.05) is 6.04 Å². The van der Waals surface area contributed by atoms with Gasteiger partial charge in [0.25, 0.3) is 0 Å². The first-order valence-corrected chi connectivity index (χ1v) is 6.77. The van der Waals surface area contributed by atoms with Crippen molar-refractivity contribution in [3.05, 3.63) is 70.3 Å². The Labute approximate surface area is 122 Å². The SMILES string of the molecule is Cc1cccc(C)c1CC(N)c1ccccc1C(F)(F)F. The summed E-state index contributed by atoms with van der Waals surface area (Å²) in [5.41, 5.74) is 8.68. The summed E-state index contributed by atoms with van der Waals surface area (Å²) in [6.45, 7) is 3.90. The van der Waals surface area contributed by atoms with Crippen molar-refractivity contribution in [1.29, 1.82) is 0 Å². The van der Waals surface area contributed by atoms with Crippen LogP contribution >= 0.6 is 0 Å². The van der Waals surface area contributed by atoms with Crippen LogP contribution in [0.3, 0.4) is 0 Å². The lowest BCUT2D eigenvalue weighted by molar-refractivity contribution is -0.138. The zero-order valence-electron chi connectivity index (χ0n) is 12.0. The van der Waals surface area contributed by atoms with Gasteiger partial charge in [-0.05, 0) is 48.6 Å². The van der Waals surface area contributed by atoms with E-state index in [9.17, 15) is 13.2 Å². The molecule has 1 unspecified atom stereocenters. The molecule has 0 fully saturated rings. The Bertz CT molecular complexity index is 612. The number of rotatable bonds is 3. The molecule has 112 valence electrons. The van der Waals surface area contributed by atoms with Crippen molar-refractivity contribution in [2.45, 2.75) is 32.5 Å². The molecule has 4 heteroatoms. The standard InChI is InChI=1S/C17H18F3N/c1-11-6-5-7-12(2)14(11)10-16(21)13-8-3-4-9-15(13)17(18,19)20/h3-9,16H,10,21H2,1-2H3. The van der Waals surface area contributed by atoms with Gasteiger partial charge in [-0.15, -0.1) is 0 Å². The summed E-state index contributed by atoms with van der Waals surface area (Å²) < 4.78 is 39.2. The fourth-order valence-electron chi connectivity index (χ4n) is 2.58. The molecule has 0 amide bonds. The average Bonchev–Trinajstić information content (AvgIpc) is 2.42. The third-order valence-corrected chi connectivity index (χ3v) is 3.73. The highest BCUT2D eigenvalue weighted by molar-refractivity contribution is 5.38. The normalized spacial score (nSPS) is 13.2. The van der Waals surface area contributed by atoms with Gasteiger partial charge in [-0.2, -0.15) is 13.2 Å². The molecule has 0 saturated heterocycles. The maximum Gasteiger partial charge on any atom is 0.416 e. The molecule has 2 aromatic carbocycles. The number of nitrogens with two attached hydrogens (primary N) is 1. The molecule has 1 nitrogen and oxygen atoms in total. The summed E-state index contributed by atoms with van der Waals surface area (Å²) in [7, 11) is 0. The summed E-state index contributed by atoms with van der Waals surface area (Å²) in [5.74, 6) is 0. The first-order valence-electron chi connectivity index (χ1n) is 6.77. The van der Waals surface area contributed by atoms with Crippen LogP contribution in [0, 0.1) is 13.8 Å². The van der Waals surface area contributed by atoms with E-state index in [1.165, 1.54) is 12.1 Å². The van der Waals surface area contributed by atoms with Crippen LogP contribution in [0.4, 0.5) is 13.2 Å². The Morgan fingerprint density at radius 2 is 1.52 bits per heavy atom. The van der Waals surface area contributed by atoms with Crippen LogP contribution in [0.2, 0.25) is 0 Å². The second kappa shape index (κ2) is 5.90. The van der Waals surface area contributed by atoms with Gasteiger partial charge in [0.1, 0.15) is 0 Å². The highest BCUT2D eigenvalue weighted by Gasteiger charge is 2.34. The molecular weight excluding hydrogens is 275 g/mol. The Balaban J connectivity index is 2.36. The molecule has 21 heavy (non-hydrogen) atoms. The summed E-state index contributed by atoms with van der Waals surface area (Å²) in [6, 6.07) is 10.7. The second-order valence-corrected chi connectivity index (χ2v) is 5.27. The van der Waals surface area contributed by atoms with Crippen LogP contribution < -0.4 is 5.73 Å². The minimum absolute atomic E-state index is 0.146. The van der Waals surface area contributed by atoms with Crippen molar-refractivity contribution in [2.24, 2.45) is 5.73 Å². The largest absolute Gasteiger partial charge is 0.416 e. The van der Waals surface area contributed by atoms with Crippen molar-refractivity contribution in [3.63, 3.8) is 0 Å². The van der Waals surface area contributed by atoms with Crippen LogP contribution in [0.1, 0.15) is 33.9 Å². The van der Waals surface area contributed by atoms with Crippen molar-refractivity contribution in [3.8, 4) is 0 Å². The number of halogens is 3. The van der Waals surface area contributed by atoms with Crippen LogP contribution in [-0.4, -0.2) is 0 Å². The van der Waals surface area contributed by atoms with Crippen molar-refractivity contribution in [2.75, 3.05) is 0 Å². The molecule has 0 aliphatic rings. The lowest BCUT2D eigenvalue weighted by Gasteiger charge is -2.20. The van der Waals surface area contributed by atoms with Gasteiger partial charge >= 0.3 is 6.18 Å². The Kier molecular flexibility index (Phi) is 4.37. The molecule has 1 atom stereocenters. The van der Waals surface area contributed by atoms with E-state index in [2.05, 4.69) is 0 Å². The zero-order chi connectivity index (χ0) is 15.6. The smallest absolute Gasteiger partial charge is 0.324 e. The van der Waals surface area contributed by atoms with Crippen molar-refractivity contribution in [1.82, 2.24) is 0 Å². The molecule has 0 aromatic heterocycles. The quantitative estimate of drug-likeness (QED) is 0.881. The maximum atomic E-state index is 13.1. The molecule has 2 N–H and O–H groups in total. The molecule has 0 bridgehead atoms. The molecule has 0 radical (unpaired) electrons. The van der Waals surface area contributed by atoms with Crippen LogP contribution in [0.15, 0.2) is 42.5 Å². The van der Waals surface area contributed by atoms with Gasteiger partial charge in [-0.1, -0.05) is 36.4 Å². The number of benzene rings is 2. The number of hydrogen-bond acceptors (Lipinski definition) is 1. The van der Waals surface area contributed by atoms with Gasteiger partial charge in [0.2, 0.25) is 0 Å². The van der Waals surface area contributed by atoms with Crippen molar-refractivity contribution >= 4 is 0 Å². The van der Waals surface area contributed by atoms with Gasteiger partial charge < -0.3 is 5.73 Å². The molecule has 0 aliphatic heterocycles. The molecular formula is C17H18F3N. The van der Waals surface area contributed by atoms with E-state index in [4.69, 9.17) is 5.73 Å². The minimum atomic E-state index is -4.38. The molecule has 2 aromatic rings. The summed E-state index contributed by atoms with van der Waals surface area (Å²) in [5, 5.41) is 0. The van der Waals surface area contributed by atoms with E-state index in [-0.39, 0.29) is 5.56 Å². The second-order valence-electron chi connectivity index (χ2n) is 5.27. The van der Waals surface area contributed by atoms with E-state index in [1.807, 2.05) is 32.0 Å². The number of aryl methyl sites for hydroxylation is 2. The first-order chi connectivity index (χ1) is 9.80. The summed E-state index contributed by atoms with van der Waals surface area (Å²) >= 11 is 0. The van der Waals surface area contributed by atoms with Gasteiger partial charge in [-0.25, -0.2) is 0 Å². The van der Waals surface area contributed by atoms with Crippen molar-refractivity contribution < 1.29 is 13.2 Å². The highest BCUT2D eigenvalue weighted by atomic mass is 19.4. The lowest BCUT2D eigenvalue weighted by atomic mass is 9.91. The monoisotopic (exact) mass is 293 g/mol. The van der Waals surface area contributed by atoms with Gasteiger partial charge in [0.15, 0.2) is 0 Å². The lowest BCUT2D eigenvalue weighted by Crippen LogP contribution is -2.20. The van der Waals surface area contributed by atoms with Crippen LogP contribution in [-0.2, 0) is 12.6 Å². The third-order valence-electron chi connectivity index (χ3n) is 3.73. The number of hydrogen-bond donors (Lipinski definition) is 1. The predicted octanol–water partition coefficient (Wildman–Crippen LogP) is 4.56. The van der Waals surface area contributed by atoms with E-state index in [0.29, 0.717) is 6.42 Å². The fraction of sp³-hybridized carbons (Fsp3) is 0.294. The molecule has 0 heterocycles. The van der Waals surface area contributed by atoms with Crippen LogP contribution in [0.5, 0.6) is 0 Å². The van der Waals surface area contributed by atoms with Crippen LogP contribution in [0.25, 0.3) is 0 Å². The maximum absolute atomic E-state index is 13.1. The fourth-order valence-corrected chi connectivity index (χ4v) is 2.58. The number of alkyl halides is 3. The van der Waals surface area contributed by atoms with E-state index in [0.717, 1.165) is 22.8 Å². The Hall–Kier alpha value is -1.81. The van der Waals surface area contributed by atoms with E-state index < -0.39 is 17.8 Å². The third kappa shape index (κ3) is 3.45. The van der Waals surface area contributed by atoms with E-state index >= 15 is 0 Å². The molecule has 0 saturated carbocycles. The Morgan fingerprint density at radius 3 is 2.10 bits per heavy atom. The predicted molar refractivity (Wildman–Crippen MR) is 78.0 cm³/mol. The molecule has 2 rings (SSSR count).